The van der Waals surface area contributed by atoms with E-state index in [1.165, 1.54) is 0 Å². The molecule has 7 nitrogen and oxygen atoms in total. The average Bonchev–Trinajstić information content (AvgIpc) is 3.05. The van der Waals surface area contributed by atoms with Crippen molar-refractivity contribution in [3.8, 4) is 5.75 Å². The monoisotopic (exact) mass is 393 g/mol. The lowest BCUT2D eigenvalue weighted by Gasteiger charge is -2.35. The quantitative estimate of drug-likeness (QED) is 0.694. The molecule has 1 aromatic heterocycles. The van der Waals surface area contributed by atoms with Crippen molar-refractivity contribution in [3.63, 3.8) is 0 Å². The number of carbonyl (C=O) groups excluding carboxylic acids is 1. The Balaban J connectivity index is 0.00000261. The van der Waals surface area contributed by atoms with Crippen LogP contribution in [0.4, 0.5) is 0 Å². The first-order valence-electron chi connectivity index (χ1n) is 9.01. The third-order valence-corrected chi connectivity index (χ3v) is 4.54. The summed E-state index contributed by atoms with van der Waals surface area (Å²) < 4.78 is 7.68. The lowest BCUT2D eigenvalue weighted by atomic mass is 10.1. The summed E-state index contributed by atoms with van der Waals surface area (Å²) in [7, 11) is 1.98. The topological polar surface area (TPSA) is 71.4 Å². The Morgan fingerprint density at radius 2 is 2.30 bits per heavy atom. The predicted octanol–water partition coefficient (Wildman–Crippen LogP) is 1.29. The van der Waals surface area contributed by atoms with Crippen LogP contribution < -0.4 is 15.4 Å². The summed E-state index contributed by atoms with van der Waals surface area (Å²) in [6.45, 7) is 5.85. The number of carbonyl (C=O) groups is 1. The minimum Gasteiger partial charge on any atom is -0.492 e. The number of hydrogen-bond acceptors (Lipinski definition) is 5. The molecule has 8 heteroatoms. The van der Waals surface area contributed by atoms with Crippen LogP contribution in [-0.2, 0) is 11.8 Å². The second kappa shape index (κ2) is 10.3. The van der Waals surface area contributed by atoms with E-state index < -0.39 is 0 Å². The van der Waals surface area contributed by atoms with Gasteiger partial charge in [-0.05, 0) is 24.6 Å². The number of nitrogens with one attached hydrogen (secondary N) is 2. The van der Waals surface area contributed by atoms with Gasteiger partial charge in [0.05, 0.1) is 19.1 Å². The summed E-state index contributed by atoms with van der Waals surface area (Å²) in [5.41, 5.74) is 1.16. The van der Waals surface area contributed by atoms with Gasteiger partial charge in [0.25, 0.3) is 0 Å². The van der Waals surface area contributed by atoms with Gasteiger partial charge >= 0.3 is 0 Å². The fourth-order valence-corrected chi connectivity index (χ4v) is 3.19. The zero-order valence-electron chi connectivity index (χ0n) is 15.9. The summed E-state index contributed by atoms with van der Waals surface area (Å²) in [5, 5.41) is 6.32. The largest absolute Gasteiger partial charge is 0.492 e. The number of rotatable bonds is 7. The molecule has 0 bridgehead atoms. The SMILES string of the molecule is Cc1cccc(OCCNC(=O)CN2CCNCC2c2nccn2C)c1.Cl. The van der Waals surface area contributed by atoms with Gasteiger partial charge in [0, 0.05) is 39.1 Å². The number of piperazine rings is 1. The van der Waals surface area contributed by atoms with Crippen molar-refractivity contribution in [1.82, 2.24) is 25.1 Å². The van der Waals surface area contributed by atoms with Crippen LogP contribution >= 0.6 is 12.4 Å². The van der Waals surface area contributed by atoms with Crippen molar-refractivity contribution in [3.05, 3.63) is 48.0 Å². The third-order valence-electron chi connectivity index (χ3n) is 4.54. The first-order chi connectivity index (χ1) is 12.6. The highest BCUT2D eigenvalue weighted by Gasteiger charge is 2.27. The molecule has 2 N–H and O–H groups in total. The number of halogens is 1. The maximum absolute atomic E-state index is 12.3. The number of benzene rings is 1. The highest BCUT2D eigenvalue weighted by atomic mass is 35.5. The Hall–Kier alpha value is -2.09. The number of imidazole rings is 1. The molecule has 0 radical (unpaired) electrons. The van der Waals surface area contributed by atoms with Gasteiger partial charge in [-0.3, -0.25) is 9.69 Å². The Labute approximate surface area is 166 Å². The van der Waals surface area contributed by atoms with Crippen molar-refractivity contribution < 1.29 is 9.53 Å². The lowest BCUT2D eigenvalue weighted by molar-refractivity contribution is -0.123. The molecule has 1 amide bonds. The number of amides is 1. The van der Waals surface area contributed by atoms with Crippen molar-refractivity contribution in [2.24, 2.45) is 7.05 Å². The fourth-order valence-electron chi connectivity index (χ4n) is 3.19. The molecule has 1 saturated heterocycles. The normalized spacial score (nSPS) is 17.2. The van der Waals surface area contributed by atoms with E-state index in [9.17, 15) is 4.79 Å². The fraction of sp³-hybridized carbons (Fsp3) is 0.474. The van der Waals surface area contributed by atoms with E-state index in [2.05, 4.69) is 20.5 Å². The molecule has 2 heterocycles. The highest BCUT2D eigenvalue weighted by Crippen LogP contribution is 2.19. The van der Waals surface area contributed by atoms with Gasteiger partial charge in [0.15, 0.2) is 0 Å². The van der Waals surface area contributed by atoms with E-state index in [1.807, 2.05) is 49.0 Å². The third kappa shape index (κ3) is 5.95. The molecule has 3 rings (SSSR count). The molecule has 1 aliphatic rings. The van der Waals surface area contributed by atoms with Crippen molar-refractivity contribution in [1.29, 1.82) is 0 Å². The van der Waals surface area contributed by atoms with Crippen LogP contribution in [0.25, 0.3) is 0 Å². The van der Waals surface area contributed by atoms with Crippen LogP contribution in [0.3, 0.4) is 0 Å². The van der Waals surface area contributed by atoms with Gasteiger partial charge in [0.1, 0.15) is 18.2 Å². The van der Waals surface area contributed by atoms with Gasteiger partial charge in [-0.1, -0.05) is 12.1 Å². The minimum atomic E-state index is 0. The summed E-state index contributed by atoms with van der Waals surface area (Å²) in [6.07, 6.45) is 3.73. The molecule has 1 aromatic carbocycles. The number of ether oxygens (including phenoxy) is 1. The molecule has 1 aliphatic heterocycles. The van der Waals surface area contributed by atoms with Crippen molar-refractivity contribution in [2.75, 3.05) is 39.3 Å². The van der Waals surface area contributed by atoms with Gasteiger partial charge in [-0.15, -0.1) is 12.4 Å². The van der Waals surface area contributed by atoms with Crippen molar-refractivity contribution in [2.45, 2.75) is 13.0 Å². The summed E-state index contributed by atoms with van der Waals surface area (Å²) in [4.78, 5) is 18.9. The summed E-state index contributed by atoms with van der Waals surface area (Å²) >= 11 is 0. The summed E-state index contributed by atoms with van der Waals surface area (Å²) in [5.74, 6) is 1.82. The van der Waals surface area contributed by atoms with Gasteiger partial charge in [-0.2, -0.15) is 0 Å². The second-order valence-electron chi connectivity index (χ2n) is 6.60. The number of aromatic nitrogens is 2. The molecular weight excluding hydrogens is 366 g/mol. The maximum atomic E-state index is 12.3. The minimum absolute atomic E-state index is 0. The number of aryl methyl sites for hydroxylation is 2. The molecule has 27 heavy (non-hydrogen) atoms. The van der Waals surface area contributed by atoms with E-state index in [-0.39, 0.29) is 24.4 Å². The molecule has 1 atom stereocenters. The van der Waals surface area contributed by atoms with Crippen molar-refractivity contribution >= 4 is 18.3 Å². The molecule has 0 saturated carbocycles. The Bertz CT molecular complexity index is 736. The molecule has 0 aliphatic carbocycles. The van der Waals surface area contributed by atoms with Crippen LogP contribution in [0.5, 0.6) is 5.75 Å². The van der Waals surface area contributed by atoms with Crippen LogP contribution in [0.2, 0.25) is 0 Å². The summed E-state index contributed by atoms with van der Waals surface area (Å²) in [6, 6.07) is 8.01. The Morgan fingerprint density at radius 3 is 3.04 bits per heavy atom. The number of nitrogens with zero attached hydrogens (tertiary/aromatic N) is 3. The van der Waals surface area contributed by atoms with E-state index >= 15 is 0 Å². The van der Waals surface area contributed by atoms with E-state index in [1.54, 1.807) is 6.20 Å². The van der Waals surface area contributed by atoms with Gasteiger partial charge in [0.2, 0.25) is 5.91 Å². The van der Waals surface area contributed by atoms with E-state index in [4.69, 9.17) is 4.74 Å². The van der Waals surface area contributed by atoms with E-state index in [0.29, 0.717) is 19.7 Å². The molecule has 1 unspecified atom stereocenters. The molecule has 2 aromatic rings. The van der Waals surface area contributed by atoms with Gasteiger partial charge < -0.3 is 19.9 Å². The van der Waals surface area contributed by atoms with Crippen LogP contribution in [-0.4, -0.2) is 59.7 Å². The molecule has 148 valence electrons. The molecular formula is C19H28ClN5O2. The average molecular weight is 394 g/mol. The first-order valence-corrected chi connectivity index (χ1v) is 9.01. The highest BCUT2D eigenvalue weighted by molar-refractivity contribution is 5.85. The lowest BCUT2D eigenvalue weighted by Crippen LogP contribution is -2.50. The Kier molecular flexibility index (Phi) is 8.09. The molecule has 0 spiro atoms. The van der Waals surface area contributed by atoms with E-state index in [0.717, 1.165) is 36.8 Å². The first kappa shape index (κ1) is 21.2. The van der Waals surface area contributed by atoms with Gasteiger partial charge in [-0.25, -0.2) is 4.98 Å². The molecule has 1 fully saturated rings. The van der Waals surface area contributed by atoms with Crippen LogP contribution in [0.1, 0.15) is 17.4 Å². The second-order valence-corrected chi connectivity index (χ2v) is 6.60. The van der Waals surface area contributed by atoms with Crippen LogP contribution in [0, 0.1) is 6.92 Å². The smallest absolute Gasteiger partial charge is 0.234 e. The van der Waals surface area contributed by atoms with Crippen LogP contribution in [0.15, 0.2) is 36.7 Å². The Morgan fingerprint density at radius 1 is 1.44 bits per heavy atom. The zero-order valence-corrected chi connectivity index (χ0v) is 16.7. The zero-order chi connectivity index (χ0) is 18.4. The predicted molar refractivity (Wildman–Crippen MR) is 107 cm³/mol. The standard InChI is InChI=1S/C19H27N5O2.ClH/c1-15-4-3-5-16(12-15)26-11-8-21-18(25)14-24-10-6-20-13-17(24)19-22-7-9-23(19)2;/h3-5,7,9,12,17,20H,6,8,10-11,13-14H2,1-2H3,(H,21,25);1H. The number of hydrogen-bond donors (Lipinski definition) is 2. The maximum Gasteiger partial charge on any atom is 0.234 e.